The number of hydrogen-bond acceptors (Lipinski definition) is 4. The molecule has 0 amide bonds. The summed E-state index contributed by atoms with van der Waals surface area (Å²) in [5, 5.41) is 4.19. The van der Waals surface area contributed by atoms with Crippen LogP contribution in [0.4, 0.5) is 5.69 Å². The van der Waals surface area contributed by atoms with Crippen LogP contribution in [0.5, 0.6) is 0 Å². The van der Waals surface area contributed by atoms with Crippen molar-refractivity contribution in [2.75, 3.05) is 5.73 Å². The van der Waals surface area contributed by atoms with Crippen molar-refractivity contribution in [1.82, 2.24) is 14.6 Å². The molecule has 0 saturated carbocycles. The van der Waals surface area contributed by atoms with Crippen LogP contribution in [0.1, 0.15) is 11.3 Å². The van der Waals surface area contributed by atoms with Gasteiger partial charge in [0.25, 0.3) is 0 Å². The second-order valence-corrected chi connectivity index (χ2v) is 3.58. The summed E-state index contributed by atoms with van der Waals surface area (Å²) < 4.78 is 6.96. The van der Waals surface area contributed by atoms with E-state index in [1.165, 1.54) is 0 Å². The number of rotatable bonds is 2. The lowest BCUT2D eigenvalue weighted by Gasteiger charge is -1.97. The molecule has 0 spiro atoms. The number of nitrogens with two attached hydrogens (primary N) is 1. The van der Waals surface area contributed by atoms with E-state index in [0.717, 1.165) is 17.0 Å². The maximum Gasteiger partial charge on any atom is 0.158 e. The van der Waals surface area contributed by atoms with Crippen molar-refractivity contribution >= 4 is 11.3 Å². The number of aromatic nitrogens is 3. The van der Waals surface area contributed by atoms with Gasteiger partial charge in [0.1, 0.15) is 5.76 Å². The average molecular weight is 214 g/mol. The van der Waals surface area contributed by atoms with Crippen LogP contribution in [0.15, 0.2) is 41.4 Å². The highest BCUT2D eigenvalue weighted by atomic mass is 16.3. The van der Waals surface area contributed by atoms with Gasteiger partial charge in [0, 0.05) is 12.0 Å². The lowest BCUT2D eigenvalue weighted by molar-refractivity contribution is 0.521. The Labute approximate surface area is 91.5 Å². The fourth-order valence-electron chi connectivity index (χ4n) is 1.66. The van der Waals surface area contributed by atoms with Crippen molar-refractivity contribution in [1.29, 1.82) is 0 Å². The monoisotopic (exact) mass is 214 g/mol. The van der Waals surface area contributed by atoms with Crippen molar-refractivity contribution in [2.24, 2.45) is 0 Å². The fourth-order valence-corrected chi connectivity index (χ4v) is 1.66. The van der Waals surface area contributed by atoms with Gasteiger partial charge in [0.2, 0.25) is 0 Å². The second kappa shape index (κ2) is 3.37. The molecule has 0 atom stereocenters. The van der Waals surface area contributed by atoms with Crippen LogP contribution in [0.25, 0.3) is 5.65 Å². The Bertz CT molecular complexity index is 612. The maximum atomic E-state index is 5.63. The third kappa shape index (κ3) is 1.42. The van der Waals surface area contributed by atoms with Crippen LogP contribution in [0, 0.1) is 0 Å². The molecule has 3 aromatic heterocycles. The van der Waals surface area contributed by atoms with E-state index in [9.17, 15) is 0 Å². The molecule has 0 fully saturated rings. The molecule has 3 rings (SSSR count). The van der Waals surface area contributed by atoms with Crippen molar-refractivity contribution < 1.29 is 4.42 Å². The molecule has 0 aliphatic rings. The number of furan rings is 1. The molecule has 2 N–H and O–H groups in total. The first-order chi connectivity index (χ1) is 7.83. The van der Waals surface area contributed by atoms with E-state index in [4.69, 9.17) is 10.2 Å². The van der Waals surface area contributed by atoms with Gasteiger partial charge in [-0.1, -0.05) is 0 Å². The Morgan fingerprint density at radius 2 is 2.31 bits per heavy atom. The summed E-state index contributed by atoms with van der Waals surface area (Å²) in [5.74, 6) is 0.897. The molecule has 0 bridgehead atoms. The summed E-state index contributed by atoms with van der Waals surface area (Å²) in [7, 11) is 0. The Balaban J connectivity index is 2.04. The first-order valence-electron chi connectivity index (χ1n) is 4.93. The van der Waals surface area contributed by atoms with Gasteiger partial charge in [-0.15, -0.1) is 0 Å². The van der Waals surface area contributed by atoms with Crippen molar-refractivity contribution in [3.05, 3.63) is 48.3 Å². The van der Waals surface area contributed by atoms with Crippen LogP contribution in [-0.4, -0.2) is 14.6 Å². The van der Waals surface area contributed by atoms with Gasteiger partial charge < -0.3 is 10.2 Å². The second-order valence-electron chi connectivity index (χ2n) is 3.58. The lowest BCUT2D eigenvalue weighted by atomic mass is 10.2. The summed E-state index contributed by atoms with van der Waals surface area (Å²) in [6, 6.07) is 3.80. The van der Waals surface area contributed by atoms with Gasteiger partial charge in [-0.3, -0.25) is 0 Å². The molecule has 80 valence electrons. The van der Waals surface area contributed by atoms with Crippen LogP contribution in [-0.2, 0) is 6.42 Å². The summed E-state index contributed by atoms with van der Waals surface area (Å²) in [6.45, 7) is 0. The summed E-state index contributed by atoms with van der Waals surface area (Å²) in [6.07, 6.45) is 7.50. The molecule has 0 saturated heterocycles. The molecule has 3 heterocycles. The minimum absolute atomic E-state index is 0.597. The summed E-state index contributed by atoms with van der Waals surface area (Å²) in [5.41, 5.74) is 8.06. The van der Waals surface area contributed by atoms with Gasteiger partial charge in [-0.05, 0) is 12.1 Å². The highest BCUT2D eigenvalue weighted by molar-refractivity contribution is 5.50. The first kappa shape index (κ1) is 8.96. The van der Waals surface area contributed by atoms with E-state index in [1.54, 1.807) is 29.4 Å². The zero-order valence-corrected chi connectivity index (χ0v) is 8.50. The Kier molecular flexibility index (Phi) is 1.89. The largest absolute Gasteiger partial charge is 0.469 e. The van der Waals surface area contributed by atoms with E-state index >= 15 is 0 Å². The average Bonchev–Trinajstić information content (AvgIpc) is 2.89. The zero-order valence-electron chi connectivity index (χ0n) is 8.50. The number of nitrogen functional groups attached to an aromatic ring is 1. The van der Waals surface area contributed by atoms with Crippen molar-refractivity contribution in [3.63, 3.8) is 0 Å². The Morgan fingerprint density at radius 1 is 1.38 bits per heavy atom. The maximum absolute atomic E-state index is 5.63. The van der Waals surface area contributed by atoms with E-state index in [2.05, 4.69) is 10.1 Å². The third-order valence-corrected chi connectivity index (χ3v) is 2.39. The quantitative estimate of drug-likeness (QED) is 0.701. The van der Waals surface area contributed by atoms with Gasteiger partial charge in [0.05, 0.1) is 30.5 Å². The van der Waals surface area contributed by atoms with Gasteiger partial charge in [-0.25, -0.2) is 9.50 Å². The predicted molar refractivity (Wildman–Crippen MR) is 58.9 cm³/mol. The molecule has 0 aliphatic carbocycles. The Hall–Kier alpha value is -2.30. The van der Waals surface area contributed by atoms with E-state index in [1.807, 2.05) is 12.1 Å². The van der Waals surface area contributed by atoms with Crippen molar-refractivity contribution in [2.45, 2.75) is 6.42 Å². The van der Waals surface area contributed by atoms with Crippen LogP contribution in [0.3, 0.4) is 0 Å². The minimum Gasteiger partial charge on any atom is -0.469 e. The van der Waals surface area contributed by atoms with Crippen molar-refractivity contribution in [3.8, 4) is 0 Å². The molecule has 5 nitrogen and oxygen atoms in total. The van der Waals surface area contributed by atoms with E-state index < -0.39 is 0 Å². The molecule has 0 aromatic carbocycles. The smallest absolute Gasteiger partial charge is 0.158 e. The molecular weight excluding hydrogens is 204 g/mol. The van der Waals surface area contributed by atoms with Crippen LogP contribution >= 0.6 is 0 Å². The number of fused-ring (bicyclic) bond motifs is 1. The third-order valence-electron chi connectivity index (χ3n) is 2.39. The lowest BCUT2D eigenvalue weighted by Crippen LogP contribution is -1.95. The summed E-state index contributed by atoms with van der Waals surface area (Å²) >= 11 is 0. The number of nitrogens with zero attached hydrogens (tertiary/aromatic N) is 3. The van der Waals surface area contributed by atoms with Gasteiger partial charge in [0.15, 0.2) is 5.65 Å². The Morgan fingerprint density at radius 3 is 3.12 bits per heavy atom. The number of anilines is 1. The SMILES string of the molecule is Nc1cnc2c(Cc3ccco3)cnn2c1. The minimum atomic E-state index is 0.597. The standard InChI is InChI=1S/C11H10N4O/c12-9-6-13-11-8(5-14-15(11)7-9)4-10-2-1-3-16-10/h1-3,5-7H,4,12H2. The highest BCUT2D eigenvalue weighted by Gasteiger charge is 2.07. The molecule has 16 heavy (non-hydrogen) atoms. The molecule has 0 unspecified atom stereocenters. The van der Waals surface area contributed by atoms with E-state index in [0.29, 0.717) is 12.1 Å². The molecular formula is C11H10N4O. The fraction of sp³-hybridized carbons (Fsp3) is 0.0909. The predicted octanol–water partition coefficient (Wildman–Crippen LogP) is 1.50. The molecule has 5 heteroatoms. The van der Waals surface area contributed by atoms with E-state index in [-0.39, 0.29) is 0 Å². The molecule has 0 aliphatic heterocycles. The topological polar surface area (TPSA) is 69.3 Å². The zero-order chi connectivity index (χ0) is 11.0. The molecule has 3 aromatic rings. The summed E-state index contributed by atoms with van der Waals surface area (Å²) in [4.78, 5) is 4.26. The van der Waals surface area contributed by atoms with Crippen LogP contribution < -0.4 is 5.73 Å². The highest BCUT2D eigenvalue weighted by Crippen LogP contribution is 2.14. The van der Waals surface area contributed by atoms with Gasteiger partial charge >= 0.3 is 0 Å². The number of hydrogen-bond donors (Lipinski definition) is 1. The van der Waals surface area contributed by atoms with Crippen LogP contribution in [0.2, 0.25) is 0 Å². The molecule has 0 radical (unpaired) electrons. The first-order valence-corrected chi connectivity index (χ1v) is 4.93. The normalized spacial score (nSPS) is 11.0. The van der Waals surface area contributed by atoms with Gasteiger partial charge in [-0.2, -0.15) is 5.10 Å².